The molecule has 0 saturated heterocycles. The van der Waals surface area contributed by atoms with Crippen molar-refractivity contribution in [3.05, 3.63) is 34.4 Å². The predicted molar refractivity (Wildman–Crippen MR) is 62.0 cm³/mol. The summed E-state index contributed by atoms with van der Waals surface area (Å²) in [5, 5.41) is 0. The average molecular weight is 188 g/mol. The molecule has 76 valence electrons. The predicted octanol–water partition coefficient (Wildman–Crippen LogP) is 4.11. The summed E-state index contributed by atoms with van der Waals surface area (Å²) in [4.78, 5) is 0. The Morgan fingerprint density at radius 2 is 1.86 bits per heavy atom. The third-order valence-electron chi connectivity index (χ3n) is 3.74. The molecule has 0 nitrogen and oxygen atoms in total. The first-order valence-corrected chi connectivity index (χ1v) is 5.59. The molecule has 0 N–H and O–H groups in total. The van der Waals surface area contributed by atoms with E-state index in [0.29, 0.717) is 5.92 Å². The summed E-state index contributed by atoms with van der Waals surface area (Å²) in [7, 11) is 0. The fraction of sp³-hybridized carbons (Fsp3) is 0.571. The second-order valence-electron chi connectivity index (χ2n) is 5.08. The van der Waals surface area contributed by atoms with Gasteiger partial charge < -0.3 is 0 Å². The van der Waals surface area contributed by atoms with Crippen molar-refractivity contribution in [3.8, 4) is 0 Å². The van der Waals surface area contributed by atoms with E-state index in [9.17, 15) is 0 Å². The summed E-state index contributed by atoms with van der Waals surface area (Å²) in [5.74, 6) is 2.19. The fourth-order valence-electron chi connectivity index (χ4n) is 2.61. The van der Waals surface area contributed by atoms with Gasteiger partial charge in [0, 0.05) is 5.92 Å². The molecule has 14 heavy (non-hydrogen) atoms. The molecule has 0 aliphatic heterocycles. The number of allylic oxidation sites excluding steroid dienone is 6. The zero-order valence-electron chi connectivity index (χ0n) is 9.89. The maximum absolute atomic E-state index is 2.43. The maximum Gasteiger partial charge on any atom is 0.0196 e. The maximum atomic E-state index is 2.43. The highest BCUT2D eigenvalue weighted by Gasteiger charge is 2.39. The highest BCUT2D eigenvalue weighted by atomic mass is 14.4. The molecule has 2 rings (SSSR count). The van der Waals surface area contributed by atoms with Crippen molar-refractivity contribution in [1.82, 2.24) is 0 Å². The van der Waals surface area contributed by atoms with Gasteiger partial charge in [0.05, 0.1) is 0 Å². The van der Waals surface area contributed by atoms with E-state index in [1.54, 1.807) is 16.7 Å². The molecule has 0 radical (unpaired) electrons. The number of hydrogen-bond donors (Lipinski definition) is 0. The Kier molecular flexibility index (Phi) is 2.17. The van der Waals surface area contributed by atoms with Gasteiger partial charge in [0.25, 0.3) is 0 Å². The van der Waals surface area contributed by atoms with Gasteiger partial charge in [0.15, 0.2) is 0 Å². The topological polar surface area (TPSA) is 0 Å². The molecule has 0 bridgehead atoms. The molecule has 0 amide bonds. The van der Waals surface area contributed by atoms with Crippen LogP contribution in [0.4, 0.5) is 0 Å². The lowest BCUT2D eigenvalue weighted by molar-refractivity contribution is 0.487. The molecule has 3 atom stereocenters. The summed E-state index contributed by atoms with van der Waals surface area (Å²) in [6.07, 6.45) is 4.81. The van der Waals surface area contributed by atoms with Crippen LogP contribution in [0.3, 0.4) is 0 Å². The van der Waals surface area contributed by atoms with Crippen molar-refractivity contribution in [3.63, 3.8) is 0 Å². The van der Waals surface area contributed by atoms with Gasteiger partial charge in [0.1, 0.15) is 0 Å². The average Bonchev–Trinajstić information content (AvgIpc) is 2.88. The molecule has 0 aromatic carbocycles. The fourth-order valence-corrected chi connectivity index (χ4v) is 2.61. The van der Waals surface area contributed by atoms with Gasteiger partial charge in [-0.2, -0.15) is 0 Å². The van der Waals surface area contributed by atoms with Crippen LogP contribution < -0.4 is 0 Å². The minimum atomic E-state index is 0.704. The van der Waals surface area contributed by atoms with Crippen LogP contribution in [0.1, 0.15) is 34.6 Å². The Morgan fingerprint density at radius 3 is 2.43 bits per heavy atom. The summed E-state index contributed by atoms with van der Waals surface area (Å²) in [5.41, 5.74) is 6.27. The summed E-state index contributed by atoms with van der Waals surface area (Å²) < 4.78 is 0. The molecule has 0 fully saturated rings. The molecular weight excluding hydrogens is 168 g/mol. The minimum absolute atomic E-state index is 0.704. The first-order chi connectivity index (χ1) is 6.52. The lowest BCUT2D eigenvalue weighted by Gasteiger charge is -2.28. The van der Waals surface area contributed by atoms with Gasteiger partial charge in [-0.1, -0.05) is 42.7 Å². The van der Waals surface area contributed by atoms with Crippen molar-refractivity contribution >= 4 is 0 Å². The molecule has 0 aromatic heterocycles. The second-order valence-corrected chi connectivity index (χ2v) is 5.08. The summed E-state index contributed by atoms with van der Waals surface area (Å²) in [6.45, 7) is 11.4. The van der Waals surface area contributed by atoms with E-state index in [-0.39, 0.29) is 0 Å². The van der Waals surface area contributed by atoms with Crippen molar-refractivity contribution in [1.29, 1.82) is 0 Å². The lowest BCUT2D eigenvalue weighted by atomic mass is 9.76. The van der Waals surface area contributed by atoms with E-state index in [4.69, 9.17) is 0 Å². The lowest BCUT2D eigenvalue weighted by Crippen LogP contribution is -2.17. The molecule has 0 heterocycles. The smallest absolute Gasteiger partial charge is 0.0196 e. The van der Waals surface area contributed by atoms with Crippen LogP contribution in [-0.4, -0.2) is 0 Å². The van der Waals surface area contributed by atoms with Crippen molar-refractivity contribution in [2.45, 2.75) is 34.6 Å². The SMILES string of the molecule is CC(C)=CC1=C(C)[C@@H]2C=C2[C@H](C)[C@@H]1C. The molecule has 2 aliphatic rings. The van der Waals surface area contributed by atoms with Gasteiger partial charge in [-0.3, -0.25) is 0 Å². The number of hydrogen-bond acceptors (Lipinski definition) is 0. The first-order valence-electron chi connectivity index (χ1n) is 5.59. The molecule has 0 saturated carbocycles. The van der Waals surface area contributed by atoms with Gasteiger partial charge in [0.2, 0.25) is 0 Å². The Morgan fingerprint density at radius 1 is 1.21 bits per heavy atom. The minimum Gasteiger partial charge on any atom is -0.0762 e. The highest BCUT2D eigenvalue weighted by Crippen LogP contribution is 2.51. The standard InChI is InChI=1S/C14H20/c1-8(2)6-12-9(3)10(4)13-7-14(13)11(12)5/h6-7,9-10,14H,1-5H3/t9-,10+,14-/m0/s1. The van der Waals surface area contributed by atoms with E-state index in [0.717, 1.165) is 11.8 Å². The van der Waals surface area contributed by atoms with E-state index >= 15 is 0 Å². The normalized spacial score (nSPS) is 34.9. The second kappa shape index (κ2) is 3.12. The van der Waals surface area contributed by atoms with Crippen molar-refractivity contribution < 1.29 is 0 Å². The van der Waals surface area contributed by atoms with Gasteiger partial charge in [-0.15, -0.1) is 0 Å². The van der Waals surface area contributed by atoms with Crippen LogP contribution in [0.15, 0.2) is 34.4 Å². The van der Waals surface area contributed by atoms with Crippen LogP contribution >= 0.6 is 0 Å². The summed E-state index contributed by atoms with van der Waals surface area (Å²) in [6, 6.07) is 0. The van der Waals surface area contributed by atoms with E-state index in [1.165, 1.54) is 5.57 Å². The molecule has 2 aliphatic carbocycles. The molecular formula is C14H20. The van der Waals surface area contributed by atoms with E-state index < -0.39 is 0 Å². The van der Waals surface area contributed by atoms with Crippen LogP contribution in [0.25, 0.3) is 0 Å². The van der Waals surface area contributed by atoms with Gasteiger partial charge in [-0.25, -0.2) is 0 Å². The summed E-state index contributed by atoms with van der Waals surface area (Å²) >= 11 is 0. The van der Waals surface area contributed by atoms with Crippen LogP contribution in [-0.2, 0) is 0 Å². The van der Waals surface area contributed by atoms with E-state index in [1.807, 2.05) is 0 Å². The monoisotopic (exact) mass is 188 g/mol. The van der Waals surface area contributed by atoms with Gasteiger partial charge in [-0.05, 0) is 38.2 Å². The van der Waals surface area contributed by atoms with Crippen molar-refractivity contribution in [2.75, 3.05) is 0 Å². The van der Waals surface area contributed by atoms with Crippen LogP contribution in [0.2, 0.25) is 0 Å². The Hall–Kier alpha value is -0.780. The Bertz CT molecular complexity index is 348. The molecule has 0 unspecified atom stereocenters. The zero-order valence-corrected chi connectivity index (χ0v) is 9.89. The molecule has 0 spiro atoms. The Balaban J connectivity index is 2.37. The number of rotatable bonds is 1. The Labute approximate surface area is 87.4 Å². The quantitative estimate of drug-likeness (QED) is 0.543. The van der Waals surface area contributed by atoms with Crippen molar-refractivity contribution in [2.24, 2.45) is 17.8 Å². The highest BCUT2D eigenvalue weighted by molar-refractivity contribution is 5.51. The molecule has 0 heteroatoms. The van der Waals surface area contributed by atoms with Gasteiger partial charge >= 0.3 is 0 Å². The third kappa shape index (κ3) is 1.37. The van der Waals surface area contributed by atoms with Crippen LogP contribution in [0, 0.1) is 17.8 Å². The molecule has 0 aromatic rings. The van der Waals surface area contributed by atoms with Crippen LogP contribution in [0.5, 0.6) is 0 Å². The number of fused-ring (bicyclic) bond motifs is 1. The third-order valence-corrected chi connectivity index (χ3v) is 3.74. The largest absolute Gasteiger partial charge is 0.0762 e. The van der Waals surface area contributed by atoms with E-state index in [2.05, 4.69) is 46.8 Å². The first kappa shape index (κ1) is 9.76. The zero-order chi connectivity index (χ0) is 10.5.